The fraction of sp³-hybridized carbons (Fsp3) is 0.182. The predicted molar refractivity (Wildman–Crippen MR) is 63.8 cm³/mol. The molecule has 0 aliphatic carbocycles. The van der Waals surface area contributed by atoms with Crippen LogP contribution in [0.3, 0.4) is 0 Å². The van der Waals surface area contributed by atoms with Gasteiger partial charge in [-0.15, -0.1) is 0 Å². The highest BCUT2D eigenvalue weighted by Crippen LogP contribution is 2.34. The Kier molecular flexibility index (Phi) is 3.48. The molecule has 3 nitrogen and oxygen atoms in total. The molecule has 0 unspecified atom stereocenters. The van der Waals surface area contributed by atoms with Gasteiger partial charge in [-0.1, -0.05) is 18.2 Å². The zero-order valence-electron chi connectivity index (χ0n) is 8.81. The third-order valence-corrected chi connectivity index (χ3v) is 3.45. The Morgan fingerprint density at radius 3 is 2.60 bits per heavy atom. The molecule has 1 aromatic carbocycles. The molecule has 2 N–H and O–H groups in total. The first-order valence-electron chi connectivity index (χ1n) is 4.53. The van der Waals surface area contributed by atoms with Crippen LogP contribution in [0.1, 0.15) is 5.56 Å². The molecule has 4 heteroatoms. The van der Waals surface area contributed by atoms with Crippen molar-refractivity contribution in [3.63, 3.8) is 0 Å². The lowest BCUT2D eigenvalue weighted by Gasteiger charge is -2.06. The molecular formula is C11H14NO2P. The van der Waals surface area contributed by atoms with E-state index in [4.69, 9.17) is 5.73 Å². The van der Waals surface area contributed by atoms with E-state index in [1.54, 1.807) is 25.5 Å². The monoisotopic (exact) mass is 223 g/mol. The van der Waals surface area contributed by atoms with Crippen LogP contribution in [0, 0.1) is 0 Å². The third-order valence-electron chi connectivity index (χ3n) is 1.93. The standard InChI is InChI=1S/C11H14NO2P/c1-15(2,14)10-5-3-4-9(8-10)6-7-11(12)13/h3-8H,1-2H3,(H2,12,13)/b7-6+. The number of nitrogens with two attached hydrogens (primary N) is 1. The van der Waals surface area contributed by atoms with Gasteiger partial charge in [0.25, 0.3) is 0 Å². The summed E-state index contributed by atoms with van der Waals surface area (Å²) in [5.74, 6) is -0.489. The summed E-state index contributed by atoms with van der Waals surface area (Å²) >= 11 is 0. The summed E-state index contributed by atoms with van der Waals surface area (Å²) < 4.78 is 11.8. The fourth-order valence-corrected chi connectivity index (χ4v) is 2.05. The van der Waals surface area contributed by atoms with Crippen LogP contribution >= 0.6 is 7.14 Å². The number of amides is 1. The molecule has 0 aliphatic heterocycles. The average Bonchev–Trinajstić information content (AvgIpc) is 2.14. The van der Waals surface area contributed by atoms with Crippen LogP contribution in [-0.4, -0.2) is 19.2 Å². The van der Waals surface area contributed by atoms with Crippen LogP contribution in [0.15, 0.2) is 30.3 Å². The molecule has 0 atom stereocenters. The van der Waals surface area contributed by atoms with E-state index in [1.807, 2.05) is 18.2 Å². The highest BCUT2D eigenvalue weighted by atomic mass is 31.2. The molecule has 0 saturated carbocycles. The molecule has 1 aromatic rings. The minimum atomic E-state index is -2.24. The molecule has 80 valence electrons. The highest BCUT2D eigenvalue weighted by Gasteiger charge is 2.09. The average molecular weight is 223 g/mol. The number of hydrogen-bond donors (Lipinski definition) is 1. The molecule has 1 amide bonds. The van der Waals surface area contributed by atoms with E-state index in [0.717, 1.165) is 10.9 Å². The van der Waals surface area contributed by atoms with E-state index in [9.17, 15) is 9.36 Å². The van der Waals surface area contributed by atoms with E-state index in [2.05, 4.69) is 0 Å². The van der Waals surface area contributed by atoms with Gasteiger partial charge in [-0.3, -0.25) is 4.79 Å². The summed E-state index contributed by atoms with van der Waals surface area (Å²) in [6.07, 6.45) is 2.90. The van der Waals surface area contributed by atoms with Crippen molar-refractivity contribution in [3.8, 4) is 0 Å². The van der Waals surface area contributed by atoms with E-state index in [-0.39, 0.29) is 0 Å². The molecule has 0 bridgehead atoms. The van der Waals surface area contributed by atoms with Crippen molar-refractivity contribution in [3.05, 3.63) is 35.9 Å². The van der Waals surface area contributed by atoms with Gasteiger partial charge in [-0.2, -0.15) is 0 Å². The first-order valence-corrected chi connectivity index (χ1v) is 7.13. The summed E-state index contributed by atoms with van der Waals surface area (Å²) in [7, 11) is -2.24. The SMILES string of the molecule is CP(C)(=O)c1cccc(/C=C/C(N)=O)c1. The van der Waals surface area contributed by atoms with E-state index >= 15 is 0 Å². The maximum Gasteiger partial charge on any atom is 0.241 e. The number of benzene rings is 1. The van der Waals surface area contributed by atoms with Crippen molar-refractivity contribution in [2.45, 2.75) is 0 Å². The minimum absolute atomic E-state index is 0.489. The second-order valence-corrected chi connectivity index (χ2v) is 6.90. The Bertz CT molecular complexity index is 446. The topological polar surface area (TPSA) is 60.2 Å². The molecule has 0 aliphatic rings. The summed E-state index contributed by atoms with van der Waals surface area (Å²) in [6, 6.07) is 7.27. The normalized spacial score (nSPS) is 11.9. The van der Waals surface area contributed by atoms with Gasteiger partial charge in [-0.25, -0.2) is 0 Å². The molecule has 0 aromatic heterocycles. The molecule has 1 rings (SSSR count). The number of hydrogen-bond acceptors (Lipinski definition) is 2. The first-order chi connectivity index (χ1) is 6.89. The molecule has 0 saturated heterocycles. The largest absolute Gasteiger partial charge is 0.366 e. The van der Waals surface area contributed by atoms with Crippen LogP contribution in [0.2, 0.25) is 0 Å². The fourth-order valence-electron chi connectivity index (χ4n) is 1.14. The summed E-state index contributed by atoms with van der Waals surface area (Å²) in [5.41, 5.74) is 5.81. The zero-order valence-corrected chi connectivity index (χ0v) is 9.70. The lowest BCUT2D eigenvalue weighted by atomic mass is 10.2. The molecule has 0 spiro atoms. The van der Waals surface area contributed by atoms with Gasteiger partial charge < -0.3 is 10.3 Å². The molecule has 0 radical (unpaired) electrons. The van der Waals surface area contributed by atoms with Crippen LogP contribution in [-0.2, 0) is 9.36 Å². The maximum absolute atomic E-state index is 11.8. The summed E-state index contributed by atoms with van der Waals surface area (Å²) in [5, 5.41) is 0.800. The van der Waals surface area contributed by atoms with Gasteiger partial charge in [0.15, 0.2) is 0 Å². The summed E-state index contributed by atoms with van der Waals surface area (Å²) in [6.45, 7) is 3.42. The minimum Gasteiger partial charge on any atom is -0.366 e. The smallest absolute Gasteiger partial charge is 0.241 e. The van der Waals surface area contributed by atoms with Gasteiger partial charge in [0.1, 0.15) is 7.14 Å². The second-order valence-electron chi connectivity index (χ2n) is 3.68. The van der Waals surface area contributed by atoms with Gasteiger partial charge in [0.05, 0.1) is 0 Å². The Labute approximate surface area is 89.4 Å². The molecule has 0 heterocycles. The van der Waals surface area contributed by atoms with Crippen LogP contribution in [0.25, 0.3) is 6.08 Å². The lowest BCUT2D eigenvalue weighted by molar-refractivity contribution is -0.113. The van der Waals surface area contributed by atoms with Crippen molar-refractivity contribution in [1.29, 1.82) is 0 Å². The number of primary amides is 1. The quantitative estimate of drug-likeness (QED) is 0.622. The zero-order chi connectivity index (χ0) is 11.5. The summed E-state index contributed by atoms with van der Waals surface area (Å²) in [4.78, 5) is 10.5. The van der Waals surface area contributed by atoms with Gasteiger partial charge in [0.2, 0.25) is 5.91 Å². The van der Waals surface area contributed by atoms with Crippen molar-refractivity contribution >= 4 is 24.4 Å². The van der Waals surface area contributed by atoms with Crippen molar-refractivity contribution in [1.82, 2.24) is 0 Å². The molecular weight excluding hydrogens is 209 g/mol. The Morgan fingerprint density at radius 1 is 1.40 bits per heavy atom. The van der Waals surface area contributed by atoms with Gasteiger partial charge in [-0.05, 0) is 31.0 Å². The van der Waals surface area contributed by atoms with E-state index in [0.29, 0.717) is 0 Å². The number of carbonyl (C=O) groups excluding carboxylic acids is 1. The third kappa shape index (κ3) is 3.72. The van der Waals surface area contributed by atoms with Crippen LogP contribution in [0.4, 0.5) is 0 Å². The Morgan fingerprint density at radius 2 is 2.07 bits per heavy atom. The highest BCUT2D eigenvalue weighted by molar-refractivity contribution is 7.70. The number of rotatable bonds is 3. The maximum atomic E-state index is 11.8. The second kappa shape index (κ2) is 4.45. The van der Waals surface area contributed by atoms with Crippen molar-refractivity contribution < 1.29 is 9.36 Å². The first kappa shape index (κ1) is 11.7. The predicted octanol–water partition coefficient (Wildman–Crippen LogP) is 1.43. The van der Waals surface area contributed by atoms with Gasteiger partial charge in [0, 0.05) is 11.4 Å². The molecule has 0 fully saturated rings. The van der Waals surface area contributed by atoms with Crippen molar-refractivity contribution in [2.75, 3.05) is 13.3 Å². The molecule has 15 heavy (non-hydrogen) atoms. The van der Waals surface area contributed by atoms with E-state index < -0.39 is 13.0 Å². The van der Waals surface area contributed by atoms with Gasteiger partial charge >= 0.3 is 0 Å². The van der Waals surface area contributed by atoms with Crippen LogP contribution in [0.5, 0.6) is 0 Å². The van der Waals surface area contributed by atoms with E-state index in [1.165, 1.54) is 6.08 Å². The van der Waals surface area contributed by atoms with Crippen LogP contribution < -0.4 is 11.0 Å². The Hall–Kier alpha value is -1.34. The lowest BCUT2D eigenvalue weighted by Crippen LogP contribution is -2.05. The Balaban J connectivity index is 3.04. The van der Waals surface area contributed by atoms with Crippen molar-refractivity contribution in [2.24, 2.45) is 5.73 Å². The number of carbonyl (C=O) groups is 1.